The molecule has 0 aliphatic carbocycles. The number of rotatable bonds is 9. The summed E-state index contributed by atoms with van der Waals surface area (Å²) in [5.74, 6) is -1.16. The zero-order valence-electron chi connectivity index (χ0n) is 17.7. The number of hydrogen-bond acceptors (Lipinski definition) is 5. The molecule has 2 rings (SSSR count). The Morgan fingerprint density at radius 1 is 1.10 bits per heavy atom. The number of nitrogens with one attached hydrogen (secondary N) is 1. The van der Waals surface area contributed by atoms with Crippen molar-refractivity contribution in [3.05, 3.63) is 59.7 Å². The van der Waals surface area contributed by atoms with Gasteiger partial charge in [0.25, 0.3) is 15.9 Å². The first kappa shape index (κ1) is 23.4. The Balaban J connectivity index is 2.25. The van der Waals surface area contributed by atoms with Gasteiger partial charge in [-0.2, -0.15) is 0 Å². The molecule has 7 nitrogen and oxygen atoms in total. The van der Waals surface area contributed by atoms with Gasteiger partial charge in [-0.25, -0.2) is 13.2 Å². The van der Waals surface area contributed by atoms with Crippen molar-refractivity contribution >= 4 is 27.6 Å². The number of anilines is 1. The lowest BCUT2D eigenvalue weighted by molar-refractivity contribution is -0.124. The van der Waals surface area contributed by atoms with Crippen LogP contribution in [0.15, 0.2) is 53.4 Å². The van der Waals surface area contributed by atoms with E-state index >= 15 is 0 Å². The Morgan fingerprint density at radius 3 is 2.37 bits per heavy atom. The molecule has 162 valence electrons. The third-order valence-corrected chi connectivity index (χ3v) is 6.72. The molecule has 30 heavy (non-hydrogen) atoms. The Labute approximate surface area is 178 Å². The molecule has 0 unspecified atom stereocenters. The normalized spacial score (nSPS) is 12.1. The van der Waals surface area contributed by atoms with Gasteiger partial charge in [-0.3, -0.25) is 9.10 Å². The van der Waals surface area contributed by atoms with Crippen LogP contribution in [0.1, 0.15) is 43.1 Å². The molecule has 2 aromatic carbocycles. The van der Waals surface area contributed by atoms with Gasteiger partial charge in [-0.05, 0) is 57.0 Å². The molecule has 1 N–H and O–H groups in total. The van der Waals surface area contributed by atoms with Crippen LogP contribution in [0.4, 0.5) is 5.69 Å². The Bertz CT molecular complexity index is 990. The minimum absolute atomic E-state index is 0.0201. The lowest BCUT2D eigenvalue weighted by atomic mass is 10.1. The third-order valence-electron chi connectivity index (χ3n) is 4.68. The van der Waals surface area contributed by atoms with Gasteiger partial charge in [0.05, 0.1) is 16.1 Å². The van der Waals surface area contributed by atoms with Gasteiger partial charge in [0.15, 0.2) is 6.61 Å². The minimum Gasteiger partial charge on any atom is -0.452 e. The summed E-state index contributed by atoms with van der Waals surface area (Å²) < 4.78 is 32.9. The number of amides is 1. The summed E-state index contributed by atoms with van der Waals surface area (Å²) >= 11 is 0. The van der Waals surface area contributed by atoms with E-state index in [1.807, 2.05) is 19.9 Å². The maximum absolute atomic E-state index is 13.3. The molecular formula is C22H28N2O5S. The van der Waals surface area contributed by atoms with Crippen LogP contribution in [-0.2, 0) is 19.6 Å². The largest absolute Gasteiger partial charge is 0.452 e. The molecule has 1 amide bonds. The smallest absolute Gasteiger partial charge is 0.338 e. The van der Waals surface area contributed by atoms with Crippen LogP contribution in [0.5, 0.6) is 0 Å². The fourth-order valence-corrected chi connectivity index (χ4v) is 4.57. The van der Waals surface area contributed by atoms with E-state index in [4.69, 9.17) is 4.74 Å². The number of hydrogen-bond donors (Lipinski definition) is 1. The molecular weight excluding hydrogens is 404 g/mol. The van der Waals surface area contributed by atoms with Crippen LogP contribution < -0.4 is 9.62 Å². The van der Waals surface area contributed by atoms with Crippen molar-refractivity contribution in [3.63, 3.8) is 0 Å². The predicted octanol–water partition coefficient (Wildman–Crippen LogP) is 3.28. The first-order valence-corrected chi connectivity index (χ1v) is 11.3. The van der Waals surface area contributed by atoms with Crippen molar-refractivity contribution in [1.82, 2.24) is 5.32 Å². The highest BCUT2D eigenvalue weighted by Gasteiger charge is 2.26. The average Bonchev–Trinajstić information content (AvgIpc) is 2.73. The summed E-state index contributed by atoms with van der Waals surface area (Å²) in [6.07, 6.45) is 0.758. The van der Waals surface area contributed by atoms with E-state index in [1.165, 1.54) is 16.4 Å². The average molecular weight is 433 g/mol. The van der Waals surface area contributed by atoms with Gasteiger partial charge < -0.3 is 10.1 Å². The van der Waals surface area contributed by atoms with E-state index in [-0.39, 0.29) is 23.0 Å². The van der Waals surface area contributed by atoms with Crippen molar-refractivity contribution in [2.45, 2.75) is 45.1 Å². The SMILES string of the molecule is CC[C@@H](C)NC(=O)COC(=O)c1ccc(C)c(S(=O)(=O)N(CC)c2ccccc2)c1. The van der Waals surface area contributed by atoms with Crippen molar-refractivity contribution in [2.75, 3.05) is 17.5 Å². The van der Waals surface area contributed by atoms with Gasteiger partial charge in [0, 0.05) is 12.6 Å². The second-order valence-corrected chi connectivity index (χ2v) is 8.77. The summed E-state index contributed by atoms with van der Waals surface area (Å²) in [5, 5.41) is 2.70. The highest BCUT2D eigenvalue weighted by Crippen LogP contribution is 2.26. The molecule has 0 aliphatic heterocycles. The monoisotopic (exact) mass is 432 g/mol. The van der Waals surface area contributed by atoms with E-state index in [1.54, 1.807) is 44.2 Å². The number of aryl methyl sites for hydroxylation is 1. The lowest BCUT2D eigenvalue weighted by Crippen LogP contribution is -2.35. The number of esters is 1. The molecule has 0 saturated carbocycles. The second-order valence-electron chi connectivity index (χ2n) is 6.94. The molecule has 0 aliphatic rings. The second kappa shape index (κ2) is 10.2. The number of para-hydroxylation sites is 1. The number of ether oxygens (including phenoxy) is 1. The molecule has 2 aromatic rings. The van der Waals surface area contributed by atoms with Crippen LogP contribution >= 0.6 is 0 Å². The number of nitrogens with zero attached hydrogens (tertiary/aromatic N) is 1. The van der Waals surface area contributed by atoms with Gasteiger partial charge in [0.2, 0.25) is 0 Å². The van der Waals surface area contributed by atoms with Crippen molar-refractivity contribution in [2.24, 2.45) is 0 Å². The highest BCUT2D eigenvalue weighted by atomic mass is 32.2. The van der Waals surface area contributed by atoms with Gasteiger partial charge in [-0.15, -0.1) is 0 Å². The highest BCUT2D eigenvalue weighted by molar-refractivity contribution is 7.92. The summed E-state index contributed by atoms with van der Waals surface area (Å²) in [5.41, 5.74) is 1.11. The zero-order valence-corrected chi connectivity index (χ0v) is 18.5. The molecule has 0 aromatic heterocycles. The van der Waals surface area contributed by atoms with Crippen LogP contribution in [0.2, 0.25) is 0 Å². The summed E-state index contributed by atoms with van der Waals surface area (Å²) in [6.45, 7) is 7.00. The van der Waals surface area contributed by atoms with Crippen LogP contribution in [0.25, 0.3) is 0 Å². The quantitative estimate of drug-likeness (QED) is 0.614. The number of carbonyl (C=O) groups is 2. The molecule has 0 bridgehead atoms. The summed E-state index contributed by atoms with van der Waals surface area (Å²) in [4.78, 5) is 24.2. The van der Waals surface area contributed by atoms with E-state index in [0.29, 0.717) is 11.3 Å². The maximum atomic E-state index is 13.3. The number of benzene rings is 2. The van der Waals surface area contributed by atoms with Gasteiger partial charge in [0.1, 0.15) is 0 Å². The summed E-state index contributed by atoms with van der Waals surface area (Å²) in [6, 6.07) is 13.1. The van der Waals surface area contributed by atoms with E-state index in [9.17, 15) is 18.0 Å². The molecule has 0 fully saturated rings. The molecule has 0 saturated heterocycles. The molecule has 0 heterocycles. The molecule has 1 atom stereocenters. The van der Waals surface area contributed by atoms with Crippen molar-refractivity contribution < 1.29 is 22.7 Å². The van der Waals surface area contributed by atoms with Crippen molar-refractivity contribution in [3.8, 4) is 0 Å². The minimum atomic E-state index is -3.90. The fourth-order valence-electron chi connectivity index (χ4n) is 2.84. The predicted molar refractivity (Wildman–Crippen MR) is 116 cm³/mol. The van der Waals surface area contributed by atoms with E-state index in [0.717, 1.165) is 6.42 Å². The first-order valence-electron chi connectivity index (χ1n) is 9.85. The number of sulfonamides is 1. The Hall–Kier alpha value is -2.87. The standard InChI is InChI=1S/C22H28N2O5S/c1-5-17(4)23-21(25)15-29-22(26)18-13-12-16(3)20(14-18)30(27,28)24(6-2)19-10-8-7-9-11-19/h7-14,17H,5-6,15H2,1-4H3,(H,23,25)/t17-/m1/s1. The van der Waals surface area contributed by atoms with Gasteiger partial charge in [-0.1, -0.05) is 31.2 Å². The van der Waals surface area contributed by atoms with Crippen LogP contribution in [0, 0.1) is 6.92 Å². The Kier molecular flexibility index (Phi) is 8.00. The Morgan fingerprint density at radius 2 is 1.77 bits per heavy atom. The first-order chi connectivity index (χ1) is 14.2. The molecule has 0 radical (unpaired) electrons. The molecule has 8 heteroatoms. The van der Waals surface area contributed by atoms with Crippen LogP contribution in [0.3, 0.4) is 0 Å². The van der Waals surface area contributed by atoms with Crippen LogP contribution in [-0.4, -0.2) is 39.5 Å². The fraction of sp³-hybridized carbons (Fsp3) is 0.364. The number of carbonyl (C=O) groups excluding carboxylic acids is 2. The zero-order chi connectivity index (χ0) is 22.3. The third kappa shape index (κ3) is 5.60. The van der Waals surface area contributed by atoms with Gasteiger partial charge >= 0.3 is 5.97 Å². The lowest BCUT2D eigenvalue weighted by Gasteiger charge is -2.24. The van der Waals surface area contributed by atoms with Crippen molar-refractivity contribution in [1.29, 1.82) is 0 Å². The van der Waals surface area contributed by atoms with E-state index in [2.05, 4.69) is 5.32 Å². The molecule has 0 spiro atoms. The van der Waals surface area contributed by atoms with E-state index < -0.39 is 28.5 Å². The maximum Gasteiger partial charge on any atom is 0.338 e. The summed E-state index contributed by atoms with van der Waals surface area (Å²) in [7, 11) is -3.90. The topological polar surface area (TPSA) is 92.8 Å².